The summed E-state index contributed by atoms with van der Waals surface area (Å²) in [6, 6.07) is 7.86. The van der Waals surface area contributed by atoms with Crippen LogP contribution in [0.3, 0.4) is 0 Å². The standard InChI is InChI=1S/C24H28Cl2N2O4S/c1-2-28(23(29)17-5-3-4-6-17)22-21(26)15-18(16-27-22)24(11-13-32-14-12-24)33(30,31)20-9-7-19(25)8-10-20/h7-10,15-17H,2-6,11-14H2,1H3. The highest BCUT2D eigenvalue weighted by Crippen LogP contribution is 2.45. The van der Waals surface area contributed by atoms with Gasteiger partial charge in [-0.2, -0.15) is 0 Å². The van der Waals surface area contributed by atoms with Gasteiger partial charge in [0, 0.05) is 36.9 Å². The van der Waals surface area contributed by atoms with Crippen molar-refractivity contribution in [3.05, 3.63) is 52.1 Å². The van der Waals surface area contributed by atoms with E-state index in [4.69, 9.17) is 27.9 Å². The maximum atomic E-state index is 13.9. The molecule has 2 aromatic rings. The summed E-state index contributed by atoms with van der Waals surface area (Å²) >= 11 is 12.6. The van der Waals surface area contributed by atoms with Crippen molar-refractivity contribution in [2.24, 2.45) is 5.92 Å². The fourth-order valence-electron chi connectivity index (χ4n) is 4.93. The minimum absolute atomic E-state index is 0.00499. The second-order valence-corrected chi connectivity index (χ2v) is 11.8. The lowest BCUT2D eigenvalue weighted by molar-refractivity contribution is -0.122. The van der Waals surface area contributed by atoms with Crippen LogP contribution in [-0.2, 0) is 24.1 Å². The van der Waals surface area contributed by atoms with Crippen LogP contribution in [0.4, 0.5) is 5.82 Å². The van der Waals surface area contributed by atoms with Gasteiger partial charge in [-0.25, -0.2) is 13.4 Å². The van der Waals surface area contributed by atoms with Gasteiger partial charge >= 0.3 is 0 Å². The molecular weight excluding hydrogens is 483 g/mol. The number of sulfone groups is 1. The third-order valence-corrected chi connectivity index (χ3v) is 9.92. The highest BCUT2D eigenvalue weighted by molar-refractivity contribution is 7.92. The zero-order valence-electron chi connectivity index (χ0n) is 18.6. The third-order valence-electron chi connectivity index (χ3n) is 6.83. The zero-order valence-corrected chi connectivity index (χ0v) is 20.9. The Morgan fingerprint density at radius 2 is 1.79 bits per heavy atom. The van der Waals surface area contributed by atoms with Crippen LogP contribution in [0.5, 0.6) is 0 Å². The first-order valence-electron chi connectivity index (χ1n) is 11.4. The van der Waals surface area contributed by atoms with Crippen molar-refractivity contribution in [2.45, 2.75) is 55.1 Å². The molecule has 6 nitrogen and oxygen atoms in total. The van der Waals surface area contributed by atoms with Crippen LogP contribution in [0.15, 0.2) is 41.4 Å². The van der Waals surface area contributed by atoms with Gasteiger partial charge < -0.3 is 4.74 Å². The lowest BCUT2D eigenvalue weighted by atomic mass is 9.91. The van der Waals surface area contributed by atoms with Crippen LogP contribution in [0.25, 0.3) is 0 Å². The average molecular weight is 511 g/mol. The Morgan fingerprint density at radius 3 is 2.36 bits per heavy atom. The predicted molar refractivity (Wildman–Crippen MR) is 130 cm³/mol. The van der Waals surface area contributed by atoms with E-state index < -0.39 is 14.6 Å². The van der Waals surface area contributed by atoms with Crippen LogP contribution >= 0.6 is 23.2 Å². The van der Waals surface area contributed by atoms with Crippen molar-refractivity contribution < 1.29 is 17.9 Å². The van der Waals surface area contributed by atoms with Crippen molar-refractivity contribution in [2.75, 3.05) is 24.7 Å². The number of amides is 1. The van der Waals surface area contributed by atoms with E-state index in [-0.39, 0.29) is 34.6 Å². The van der Waals surface area contributed by atoms with Gasteiger partial charge in [0.2, 0.25) is 5.91 Å². The molecule has 1 saturated carbocycles. The molecule has 2 heterocycles. The van der Waals surface area contributed by atoms with Crippen molar-refractivity contribution in [1.29, 1.82) is 0 Å². The SMILES string of the molecule is CCN(C(=O)C1CCCC1)c1ncc(C2(S(=O)(=O)c3ccc(Cl)cc3)CCOCC2)cc1Cl. The van der Waals surface area contributed by atoms with Gasteiger partial charge in [-0.1, -0.05) is 36.0 Å². The van der Waals surface area contributed by atoms with Gasteiger partial charge in [0.05, 0.1) is 9.92 Å². The molecule has 0 N–H and O–H groups in total. The van der Waals surface area contributed by atoms with Gasteiger partial charge in [0.15, 0.2) is 15.7 Å². The average Bonchev–Trinajstić information content (AvgIpc) is 3.36. The summed E-state index contributed by atoms with van der Waals surface area (Å²) in [5, 5.41) is 0.744. The van der Waals surface area contributed by atoms with E-state index in [9.17, 15) is 13.2 Å². The van der Waals surface area contributed by atoms with Crippen molar-refractivity contribution in [1.82, 2.24) is 4.98 Å². The molecule has 33 heavy (non-hydrogen) atoms. The van der Waals surface area contributed by atoms with Gasteiger partial charge in [-0.05, 0) is 68.5 Å². The number of hydrogen-bond donors (Lipinski definition) is 0. The summed E-state index contributed by atoms with van der Waals surface area (Å²) in [4.78, 5) is 19.4. The van der Waals surface area contributed by atoms with Crippen LogP contribution in [0, 0.1) is 5.92 Å². The summed E-state index contributed by atoms with van der Waals surface area (Å²) in [5.41, 5.74) is 0.513. The van der Waals surface area contributed by atoms with E-state index in [0.717, 1.165) is 25.7 Å². The van der Waals surface area contributed by atoms with E-state index in [0.29, 0.717) is 36.2 Å². The van der Waals surface area contributed by atoms with Crippen LogP contribution < -0.4 is 4.90 Å². The molecule has 0 atom stereocenters. The Hall–Kier alpha value is -1.67. The Bertz CT molecular complexity index is 1110. The van der Waals surface area contributed by atoms with Crippen LogP contribution in [0.2, 0.25) is 10.0 Å². The first-order chi connectivity index (χ1) is 15.8. The number of aromatic nitrogens is 1. The molecule has 0 unspecified atom stereocenters. The minimum atomic E-state index is -3.80. The van der Waals surface area contributed by atoms with Crippen LogP contribution in [0.1, 0.15) is 51.0 Å². The smallest absolute Gasteiger partial charge is 0.231 e. The van der Waals surface area contributed by atoms with E-state index in [1.807, 2.05) is 6.92 Å². The maximum absolute atomic E-state index is 13.9. The molecule has 9 heteroatoms. The molecule has 0 spiro atoms. The Labute approximate surface area is 205 Å². The quantitative estimate of drug-likeness (QED) is 0.518. The molecule has 1 saturated heterocycles. The predicted octanol–water partition coefficient (Wildman–Crippen LogP) is 5.41. The van der Waals surface area contributed by atoms with Gasteiger partial charge in [0.25, 0.3) is 0 Å². The molecule has 1 aromatic heterocycles. The number of hydrogen-bond acceptors (Lipinski definition) is 5. The van der Waals surface area contributed by atoms with Gasteiger partial charge in [-0.15, -0.1) is 0 Å². The number of rotatable bonds is 6. The summed E-state index contributed by atoms with van der Waals surface area (Å²) in [6.07, 6.45) is 6.01. The molecular formula is C24H28Cl2N2O4S. The summed E-state index contributed by atoms with van der Waals surface area (Å²) in [6.45, 7) is 2.97. The van der Waals surface area contributed by atoms with Gasteiger partial charge in [0.1, 0.15) is 4.75 Å². The minimum Gasteiger partial charge on any atom is -0.381 e. The van der Waals surface area contributed by atoms with E-state index in [2.05, 4.69) is 4.98 Å². The zero-order chi connectivity index (χ0) is 23.6. The van der Waals surface area contributed by atoms with Crippen LogP contribution in [-0.4, -0.2) is 39.1 Å². The lowest BCUT2D eigenvalue weighted by Gasteiger charge is -2.37. The molecule has 178 valence electrons. The van der Waals surface area contributed by atoms with E-state index in [1.165, 1.54) is 12.1 Å². The number of anilines is 1. The highest BCUT2D eigenvalue weighted by atomic mass is 35.5. The number of nitrogens with zero attached hydrogens (tertiary/aromatic N) is 2. The first kappa shape index (κ1) is 24.5. The third kappa shape index (κ3) is 4.53. The molecule has 4 rings (SSSR count). The van der Waals surface area contributed by atoms with Gasteiger partial charge in [-0.3, -0.25) is 9.69 Å². The summed E-state index contributed by atoms with van der Waals surface area (Å²) < 4.78 is 32.0. The first-order valence-corrected chi connectivity index (χ1v) is 13.6. The molecule has 2 fully saturated rings. The number of carbonyl (C=O) groups excluding carboxylic acids is 1. The van der Waals surface area contributed by atoms with Crippen molar-refractivity contribution in [3.8, 4) is 0 Å². The highest BCUT2D eigenvalue weighted by Gasteiger charge is 2.48. The largest absolute Gasteiger partial charge is 0.381 e. The number of benzene rings is 1. The number of ether oxygens (including phenoxy) is 1. The van der Waals surface area contributed by atoms with E-state index in [1.54, 1.807) is 29.3 Å². The Morgan fingerprint density at radius 1 is 1.15 bits per heavy atom. The monoisotopic (exact) mass is 510 g/mol. The fraction of sp³-hybridized carbons (Fsp3) is 0.500. The Balaban J connectivity index is 1.74. The second kappa shape index (κ2) is 9.90. The summed E-state index contributed by atoms with van der Waals surface area (Å²) in [7, 11) is -3.80. The maximum Gasteiger partial charge on any atom is 0.231 e. The lowest BCUT2D eigenvalue weighted by Crippen LogP contribution is -2.42. The van der Waals surface area contributed by atoms with E-state index >= 15 is 0 Å². The fourth-order valence-corrected chi connectivity index (χ4v) is 7.40. The topological polar surface area (TPSA) is 76.6 Å². The molecule has 1 aliphatic heterocycles. The number of pyridine rings is 1. The summed E-state index contributed by atoms with van der Waals surface area (Å²) in [5.74, 6) is 0.409. The molecule has 1 aliphatic carbocycles. The van der Waals surface area contributed by atoms with Crippen molar-refractivity contribution in [3.63, 3.8) is 0 Å². The Kier molecular flexibility index (Phi) is 7.34. The second-order valence-electron chi connectivity index (χ2n) is 8.66. The number of halogens is 2. The normalized spacial score (nSPS) is 18.9. The van der Waals surface area contributed by atoms with Crippen molar-refractivity contribution >= 4 is 44.8 Å². The molecule has 0 radical (unpaired) electrons. The molecule has 1 amide bonds. The number of carbonyl (C=O) groups is 1. The molecule has 1 aromatic carbocycles. The molecule has 2 aliphatic rings. The molecule has 0 bridgehead atoms.